The van der Waals surface area contributed by atoms with Crippen molar-refractivity contribution in [3.63, 3.8) is 0 Å². The number of amides is 3. The molecule has 6 heteroatoms. The van der Waals surface area contributed by atoms with Gasteiger partial charge in [-0.15, -0.1) is 0 Å². The van der Waals surface area contributed by atoms with Gasteiger partial charge in [0.2, 0.25) is 11.8 Å². The molecule has 3 fully saturated rings. The second kappa shape index (κ2) is 6.29. The molecular formula is C24H19ClN2O3. The Labute approximate surface area is 178 Å². The van der Waals surface area contributed by atoms with Crippen LogP contribution in [0.2, 0.25) is 5.02 Å². The number of allylic oxidation sites excluding steroid dienone is 2. The lowest BCUT2D eigenvalue weighted by Crippen LogP contribution is -2.40. The third-order valence-corrected chi connectivity index (χ3v) is 7.50. The number of halogens is 1. The highest BCUT2D eigenvalue weighted by atomic mass is 35.5. The first-order valence-electron chi connectivity index (χ1n) is 10.3. The summed E-state index contributed by atoms with van der Waals surface area (Å²) in [5, 5.41) is 3.23. The van der Waals surface area contributed by atoms with Crippen molar-refractivity contribution in [3.05, 3.63) is 71.3 Å². The Bertz CT molecular complexity index is 1090. The van der Waals surface area contributed by atoms with E-state index in [2.05, 4.69) is 17.5 Å². The Morgan fingerprint density at radius 3 is 2.10 bits per heavy atom. The van der Waals surface area contributed by atoms with Crippen LogP contribution in [0.5, 0.6) is 0 Å². The number of hydrogen-bond donors (Lipinski definition) is 1. The van der Waals surface area contributed by atoms with Crippen LogP contribution in [-0.2, 0) is 9.59 Å². The first-order chi connectivity index (χ1) is 14.5. The molecule has 5 nitrogen and oxygen atoms in total. The van der Waals surface area contributed by atoms with E-state index in [0.29, 0.717) is 33.8 Å². The highest BCUT2D eigenvalue weighted by Gasteiger charge is 2.67. The molecule has 0 unspecified atom stereocenters. The summed E-state index contributed by atoms with van der Waals surface area (Å²) in [6.45, 7) is 0. The lowest BCUT2D eigenvalue weighted by atomic mass is 9.63. The molecule has 30 heavy (non-hydrogen) atoms. The third kappa shape index (κ3) is 2.45. The van der Waals surface area contributed by atoms with E-state index in [1.165, 1.54) is 4.90 Å². The minimum absolute atomic E-state index is 0.0945. The van der Waals surface area contributed by atoms with E-state index < -0.39 is 0 Å². The molecule has 3 amide bonds. The van der Waals surface area contributed by atoms with Gasteiger partial charge in [-0.2, -0.15) is 0 Å². The molecule has 1 aliphatic heterocycles. The Balaban J connectivity index is 1.24. The number of nitrogens with zero attached hydrogens (tertiary/aromatic N) is 1. The van der Waals surface area contributed by atoms with E-state index in [9.17, 15) is 14.4 Å². The van der Waals surface area contributed by atoms with E-state index in [1.54, 1.807) is 48.5 Å². The number of benzene rings is 2. The summed E-state index contributed by atoms with van der Waals surface area (Å²) in [7, 11) is 0. The molecule has 2 aromatic rings. The van der Waals surface area contributed by atoms with Crippen molar-refractivity contribution in [2.45, 2.75) is 6.42 Å². The number of para-hydroxylation sites is 1. The molecule has 2 bridgehead atoms. The molecule has 2 saturated carbocycles. The number of imide groups is 1. The number of carbonyl (C=O) groups excluding carboxylic acids is 3. The highest BCUT2D eigenvalue weighted by molar-refractivity contribution is 6.34. The normalized spacial score (nSPS) is 32.8. The van der Waals surface area contributed by atoms with E-state index >= 15 is 0 Å². The molecule has 4 aliphatic carbocycles. The van der Waals surface area contributed by atoms with Gasteiger partial charge in [0.1, 0.15) is 0 Å². The third-order valence-electron chi connectivity index (χ3n) is 7.17. The van der Waals surface area contributed by atoms with Gasteiger partial charge in [0.05, 0.1) is 28.2 Å². The van der Waals surface area contributed by atoms with E-state index in [1.807, 2.05) is 0 Å². The summed E-state index contributed by atoms with van der Waals surface area (Å²) in [6.07, 6.45) is 5.47. The molecule has 1 N–H and O–H groups in total. The summed E-state index contributed by atoms with van der Waals surface area (Å²) in [5.74, 6) is 0.622. The molecule has 2 aromatic carbocycles. The van der Waals surface area contributed by atoms with Crippen molar-refractivity contribution in [1.82, 2.24) is 0 Å². The van der Waals surface area contributed by atoms with Gasteiger partial charge in [-0.05, 0) is 66.5 Å². The van der Waals surface area contributed by atoms with Gasteiger partial charge >= 0.3 is 0 Å². The fraction of sp³-hybridized carbons (Fsp3) is 0.292. The molecular weight excluding hydrogens is 400 g/mol. The number of nitrogens with one attached hydrogen (secondary N) is 1. The van der Waals surface area contributed by atoms with Crippen LogP contribution in [0.25, 0.3) is 0 Å². The smallest absolute Gasteiger partial charge is 0.255 e. The SMILES string of the molecule is O=C(Nc1ccccc1Cl)c1ccc(N2C(=O)[C@@H]3[C@H]4C=C[C@@H]([C@@H]5C[C@@H]45)[C@@H]3C2=O)cc1. The van der Waals surface area contributed by atoms with E-state index in [-0.39, 0.29) is 41.4 Å². The van der Waals surface area contributed by atoms with Gasteiger partial charge in [0, 0.05) is 5.56 Å². The lowest BCUT2D eigenvalue weighted by Gasteiger charge is -2.37. The molecule has 1 saturated heterocycles. The maximum absolute atomic E-state index is 13.2. The van der Waals surface area contributed by atoms with Gasteiger partial charge in [-0.3, -0.25) is 19.3 Å². The Kier molecular flexibility index (Phi) is 3.75. The van der Waals surface area contributed by atoms with E-state index in [0.717, 1.165) is 6.42 Å². The monoisotopic (exact) mass is 418 g/mol. The van der Waals surface area contributed by atoms with E-state index in [4.69, 9.17) is 11.6 Å². The average Bonchev–Trinajstić information content (AvgIpc) is 3.53. The number of anilines is 2. The van der Waals surface area contributed by atoms with Crippen LogP contribution in [-0.4, -0.2) is 17.7 Å². The van der Waals surface area contributed by atoms with Gasteiger partial charge in [0.15, 0.2) is 0 Å². The van der Waals surface area contributed by atoms with Crippen molar-refractivity contribution >= 4 is 40.7 Å². The highest BCUT2D eigenvalue weighted by Crippen LogP contribution is 2.65. The van der Waals surface area contributed by atoms with Gasteiger partial charge in [-0.1, -0.05) is 35.9 Å². The summed E-state index contributed by atoms with van der Waals surface area (Å²) in [4.78, 5) is 40.2. The molecule has 0 spiro atoms. The zero-order valence-corrected chi connectivity index (χ0v) is 16.8. The number of carbonyl (C=O) groups is 3. The first-order valence-corrected chi connectivity index (χ1v) is 10.6. The Morgan fingerprint density at radius 1 is 0.900 bits per heavy atom. The molecule has 5 aliphatic rings. The van der Waals surface area contributed by atoms with Crippen LogP contribution in [0.4, 0.5) is 11.4 Å². The van der Waals surface area contributed by atoms with Crippen LogP contribution in [0.1, 0.15) is 16.8 Å². The lowest BCUT2D eigenvalue weighted by molar-refractivity contribution is -0.124. The van der Waals surface area contributed by atoms with Gasteiger partial charge in [-0.25, -0.2) is 0 Å². The topological polar surface area (TPSA) is 66.5 Å². The maximum atomic E-state index is 13.2. The van der Waals surface area contributed by atoms with Crippen molar-refractivity contribution in [3.8, 4) is 0 Å². The van der Waals surface area contributed by atoms with Crippen molar-refractivity contribution < 1.29 is 14.4 Å². The summed E-state index contributed by atoms with van der Waals surface area (Å²) in [5.41, 5.74) is 1.49. The fourth-order valence-corrected chi connectivity index (χ4v) is 5.91. The second-order valence-electron chi connectivity index (χ2n) is 8.65. The maximum Gasteiger partial charge on any atom is 0.255 e. The molecule has 0 aromatic heterocycles. The summed E-state index contributed by atoms with van der Waals surface area (Å²) < 4.78 is 0. The minimum atomic E-state index is -0.301. The molecule has 0 radical (unpaired) electrons. The molecule has 7 rings (SSSR count). The fourth-order valence-electron chi connectivity index (χ4n) is 5.73. The number of rotatable bonds is 3. The Hall–Kier alpha value is -2.92. The number of hydrogen-bond acceptors (Lipinski definition) is 3. The standard InChI is InChI=1S/C24H19ClN2O3/c25-18-3-1-2-4-19(18)26-22(28)12-5-7-13(8-6-12)27-23(29)20-14-9-10-15(17-11-16(14)17)21(20)24(27)30/h1-10,14-17,20-21H,11H2,(H,26,28)/t14-,15-,16-,17-,20-,21+/m0/s1. The van der Waals surface area contributed by atoms with Crippen LogP contribution < -0.4 is 10.2 Å². The van der Waals surface area contributed by atoms with Crippen LogP contribution in [0.15, 0.2) is 60.7 Å². The molecule has 150 valence electrons. The molecule has 1 heterocycles. The quantitative estimate of drug-likeness (QED) is 0.601. The van der Waals surface area contributed by atoms with Gasteiger partial charge < -0.3 is 5.32 Å². The summed E-state index contributed by atoms with van der Waals surface area (Å²) in [6, 6.07) is 13.6. The summed E-state index contributed by atoms with van der Waals surface area (Å²) >= 11 is 6.10. The zero-order valence-electron chi connectivity index (χ0n) is 16.0. The zero-order chi connectivity index (χ0) is 20.6. The van der Waals surface area contributed by atoms with Crippen molar-refractivity contribution in [2.75, 3.05) is 10.2 Å². The predicted molar refractivity (Wildman–Crippen MR) is 113 cm³/mol. The minimum Gasteiger partial charge on any atom is -0.321 e. The largest absolute Gasteiger partial charge is 0.321 e. The van der Waals surface area contributed by atoms with Crippen LogP contribution in [0.3, 0.4) is 0 Å². The van der Waals surface area contributed by atoms with Crippen LogP contribution >= 0.6 is 11.6 Å². The first kappa shape index (κ1) is 17.9. The van der Waals surface area contributed by atoms with Gasteiger partial charge in [0.25, 0.3) is 5.91 Å². The second-order valence-corrected chi connectivity index (χ2v) is 9.05. The van der Waals surface area contributed by atoms with Crippen LogP contribution in [0, 0.1) is 35.5 Å². The van der Waals surface area contributed by atoms with Crippen molar-refractivity contribution in [1.29, 1.82) is 0 Å². The van der Waals surface area contributed by atoms with Crippen molar-refractivity contribution in [2.24, 2.45) is 35.5 Å². The Morgan fingerprint density at radius 2 is 1.50 bits per heavy atom. The average molecular weight is 419 g/mol. The molecule has 6 atom stereocenters. The predicted octanol–water partition coefficient (Wildman–Crippen LogP) is 4.15.